The first kappa shape index (κ1) is 17.7. The molecule has 0 spiro atoms. The van der Waals surface area contributed by atoms with Crippen molar-refractivity contribution >= 4 is 11.8 Å². The van der Waals surface area contributed by atoms with Gasteiger partial charge in [-0.15, -0.1) is 0 Å². The Morgan fingerprint density at radius 2 is 1.67 bits per heavy atom. The van der Waals surface area contributed by atoms with Crippen molar-refractivity contribution in [3.63, 3.8) is 0 Å². The Labute approximate surface area is 142 Å². The summed E-state index contributed by atoms with van der Waals surface area (Å²) in [7, 11) is 0. The summed E-state index contributed by atoms with van der Waals surface area (Å²) >= 11 is 0. The van der Waals surface area contributed by atoms with Crippen molar-refractivity contribution in [3.05, 3.63) is 64.7 Å². The van der Waals surface area contributed by atoms with Crippen LogP contribution in [-0.2, 0) is 10.2 Å². The predicted octanol–water partition coefficient (Wildman–Crippen LogP) is 4.04. The van der Waals surface area contributed by atoms with Crippen molar-refractivity contribution in [2.45, 2.75) is 33.1 Å². The number of ketones is 1. The fraction of sp³-hybridized carbons (Fsp3) is 0.300. The first-order valence-corrected chi connectivity index (χ1v) is 7.79. The number of ether oxygens (including phenoxy) is 1. The van der Waals surface area contributed by atoms with Gasteiger partial charge in [-0.25, -0.2) is 4.79 Å². The number of hydrogen-bond donors (Lipinski definition) is 1. The topological polar surface area (TPSA) is 63.6 Å². The minimum atomic E-state index is -0.712. The summed E-state index contributed by atoms with van der Waals surface area (Å²) in [5.74, 6) is -1.11. The molecular weight excluding hydrogens is 304 g/mol. The van der Waals surface area contributed by atoms with Crippen molar-refractivity contribution in [2.24, 2.45) is 0 Å². The Bertz CT molecular complexity index is 752. The van der Waals surface area contributed by atoms with Crippen LogP contribution < -0.4 is 0 Å². The number of hydrogen-bond acceptors (Lipinski definition) is 4. The van der Waals surface area contributed by atoms with Gasteiger partial charge in [0, 0.05) is 5.56 Å². The molecule has 0 saturated heterocycles. The molecule has 4 nitrogen and oxygen atoms in total. The van der Waals surface area contributed by atoms with Gasteiger partial charge in [0.15, 0.2) is 12.4 Å². The lowest BCUT2D eigenvalue weighted by molar-refractivity contribution is 0.0471. The molecule has 0 fully saturated rings. The normalized spacial score (nSPS) is 11.2. The van der Waals surface area contributed by atoms with Crippen LogP contribution in [0.15, 0.2) is 42.5 Å². The van der Waals surface area contributed by atoms with Crippen LogP contribution in [0, 0.1) is 6.92 Å². The van der Waals surface area contributed by atoms with Crippen molar-refractivity contribution in [1.29, 1.82) is 0 Å². The second kappa shape index (κ2) is 6.87. The van der Waals surface area contributed by atoms with Gasteiger partial charge in [-0.3, -0.25) is 4.79 Å². The fourth-order valence-electron chi connectivity index (χ4n) is 2.27. The van der Waals surface area contributed by atoms with E-state index in [0.717, 1.165) is 5.56 Å². The molecule has 0 saturated carbocycles. The zero-order valence-electron chi connectivity index (χ0n) is 14.4. The van der Waals surface area contributed by atoms with E-state index in [1.54, 1.807) is 31.2 Å². The van der Waals surface area contributed by atoms with E-state index in [1.165, 1.54) is 6.07 Å². The van der Waals surface area contributed by atoms with E-state index >= 15 is 0 Å². The van der Waals surface area contributed by atoms with Gasteiger partial charge in [-0.05, 0) is 29.5 Å². The third kappa shape index (κ3) is 4.02. The average Bonchev–Trinajstić information content (AvgIpc) is 2.54. The molecule has 0 aliphatic carbocycles. The Balaban J connectivity index is 2.03. The zero-order chi connectivity index (χ0) is 17.9. The summed E-state index contributed by atoms with van der Waals surface area (Å²) in [4.78, 5) is 24.2. The number of aryl methyl sites for hydroxylation is 1. The van der Waals surface area contributed by atoms with E-state index in [2.05, 4.69) is 20.8 Å². The van der Waals surface area contributed by atoms with E-state index in [-0.39, 0.29) is 29.1 Å². The van der Waals surface area contributed by atoms with Crippen LogP contribution >= 0.6 is 0 Å². The lowest BCUT2D eigenvalue weighted by atomic mass is 9.86. The van der Waals surface area contributed by atoms with Crippen LogP contribution in [-0.4, -0.2) is 23.5 Å². The number of carbonyl (C=O) groups excluding carboxylic acids is 2. The fourth-order valence-corrected chi connectivity index (χ4v) is 2.27. The number of aromatic hydroxyl groups is 1. The lowest BCUT2D eigenvalue weighted by Crippen LogP contribution is -2.15. The van der Waals surface area contributed by atoms with Crippen molar-refractivity contribution in [2.75, 3.05) is 6.61 Å². The van der Waals surface area contributed by atoms with Gasteiger partial charge in [0.1, 0.15) is 11.3 Å². The molecule has 24 heavy (non-hydrogen) atoms. The molecule has 0 bridgehead atoms. The van der Waals surface area contributed by atoms with Gasteiger partial charge >= 0.3 is 5.97 Å². The van der Waals surface area contributed by atoms with Gasteiger partial charge in [0.05, 0.1) is 0 Å². The van der Waals surface area contributed by atoms with Gasteiger partial charge in [0.2, 0.25) is 0 Å². The van der Waals surface area contributed by atoms with Crippen LogP contribution in [0.25, 0.3) is 0 Å². The highest BCUT2D eigenvalue weighted by atomic mass is 16.5. The maximum Gasteiger partial charge on any atom is 0.342 e. The molecule has 0 amide bonds. The largest absolute Gasteiger partial charge is 0.507 e. The van der Waals surface area contributed by atoms with Crippen LogP contribution in [0.4, 0.5) is 0 Å². The number of rotatable bonds is 4. The van der Waals surface area contributed by atoms with Crippen molar-refractivity contribution < 1.29 is 19.4 Å². The molecule has 126 valence electrons. The van der Waals surface area contributed by atoms with Crippen LogP contribution in [0.5, 0.6) is 5.75 Å². The summed E-state index contributed by atoms with van der Waals surface area (Å²) in [6.07, 6.45) is 0. The van der Waals surface area contributed by atoms with E-state index < -0.39 is 5.97 Å². The molecule has 0 aromatic heterocycles. The molecule has 0 atom stereocenters. The van der Waals surface area contributed by atoms with Crippen molar-refractivity contribution in [3.8, 4) is 5.75 Å². The molecule has 4 heteroatoms. The van der Waals surface area contributed by atoms with Gasteiger partial charge in [0.25, 0.3) is 0 Å². The monoisotopic (exact) mass is 326 g/mol. The summed E-state index contributed by atoms with van der Waals surface area (Å²) in [5, 5.41) is 9.87. The smallest absolute Gasteiger partial charge is 0.342 e. The predicted molar refractivity (Wildman–Crippen MR) is 92.6 cm³/mol. The molecule has 0 radical (unpaired) electrons. The Morgan fingerprint density at radius 3 is 2.25 bits per heavy atom. The van der Waals surface area contributed by atoms with E-state index in [4.69, 9.17) is 4.74 Å². The van der Waals surface area contributed by atoms with Gasteiger partial charge < -0.3 is 9.84 Å². The highest BCUT2D eigenvalue weighted by Gasteiger charge is 2.17. The number of carbonyl (C=O) groups is 2. The molecule has 0 aliphatic rings. The second-order valence-electron chi connectivity index (χ2n) is 6.80. The van der Waals surface area contributed by atoms with Crippen LogP contribution in [0.2, 0.25) is 0 Å². The molecule has 0 aliphatic heterocycles. The van der Waals surface area contributed by atoms with Crippen LogP contribution in [0.3, 0.4) is 0 Å². The average molecular weight is 326 g/mol. The third-order valence-electron chi connectivity index (χ3n) is 3.86. The first-order chi connectivity index (χ1) is 11.2. The number of phenolic OH excluding ortho intramolecular Hbond substituents is 1. The number of para-hydroxylation sites is 1. The van der Waals surface area contributed by atoms with Crippen LogP contribution in [0.1, 0.15) is 52.6 Å². The SMILES string of the molecule is Cc1cccc(C(=O)OCC(=O)c2ccc(C(C)(C)C)cc2)c1O. The number of Topliss-reactive ketones (excluding diaryl/α,β-unsaturated/α-hetero) is 1. The molecule has 2 aromatic carbocycles. The standard InChI is InChI=1S/C20H22O4/c1-13-6-5-7-16(18(13)22)19(23)24-12-17(21)14-8-10-15(11-9-14)20(2,3)4/h5-11,22H,12H2,1-4H3. The molecule has 0 heterocycles. The molecular formula is C20H22O4. The van der Waals surface area contributed by atoms with E-state index in [0.29, 0.717) is 11.1 Å². The highest BCUT2D eigenvalue weighted by molar-refractivity contribution is 6.00. The zero-order valence-corrected chi connectivity index (χ0v) is 14.4. The molecule has 2 aromatic rings. The third-order valence-corrected chi connectivity index (χ3v) is 3.86. The summed E-state index contributed by atoms with van der Waals surface area (Å²) in [6.45, 7) is 7.62. The summed E-state index contributed by atoms with van der Waals surface area (Å²) in [5.41, 5.74) is 2.26. The maximum absolute atomic E-state index is 12.2. The minimum Gasteiger partial charge on any atom is -0.507 e. The molecule has 1 N–H and O–H groups in total. The van der Waals surface area contributed by atoms with Gasteiger partial charge in [-0.1, -0.05) is 57.2 Å². The highest BCUT2D eigenvalue weighted by Crippen LogP contribution is 2.23. The summed E-state index contributed by atoms with van der Waals surface area (Å²) < 4.78 is 5.03. The van der Waals surface area contributed by atoms with E-state index in [1.807, 2.05) is 12.1 Å². The Kier molecular flexibility index (Phi) is 5.07. The number of esters is 1. The van der Waals surface area contributed by atoms with Gasteiger partial charge in [-0.2, -0.15) is 0 Å². The minimum absolute atomic E-state index is 0.0107. The van der Waals surface area contributed by atoms with E-state index in [9.17, 15) is 14.7 Å². The Hall–Kier alpha value is -2.62. The number of phenols is 1. The molecule has 2 rings (SSSR count). The Morgan fingerprint density at radius 1 is 1.04 bits per heavy atom. The van der Waals surface area contributed by atoms with Crippen molar-refractivity contribution in [1.82, 2.24) is 0 Å². The quantitative estimate of drug-likeness (QED) is 0.680. The second-order valence-corrected chi connectivity index (χ2v) is 6.80. The lowest BCUT2D eigenvalue weighted by Gasteiger charge is -2.18. The summed E-state index contributed by atoms with van der Waals surface area (Å²) in [6, 6.07) is 12.1. The maximum atomic E-state index is 12.2. The number of benzene rings is 2. The molecule has 0 unspecified atom stereocenters. The first-order valence-electron chi connectivity index (χ1n) is 7.79.